The number of hydrogen-bond acceptors (Lipinski definition) is 7. The summed E-state index contributed by atoms with van der Waals surface area (Å²) >= 11 is 0. The molecule has 1 aromatic carbocycles. The molecule has 0 fully saturated rings. The molecule has 10 nitrogen and oxygen atoms in total. The normalized spacial score (nSPS) is 13.3. The van der Waals surface area contributed by atoms with Crippen molar-refractivity contribution in [3.63, 3.8) is 0 Å². The summed E-state index contributed by atoms with van der Waals surface area (Å²) in [5, 5.41) is 5.44. The minimum Gasteiger partial charge on any atom is -0.486 e. The van der Waals surface area contributed by atoms with Gasteiger partial charge in [-0.2, -0.15) is 0 Å². The van der Waals surface area contributed by atoms with E-state index in [2.05, 4.69) is 25.6 Å². The number of hydrogen-bond donors (Lipinski definition) is 3. The number of aromatic amines is 1. The summed E-state index contributed by atoms with van der Waals surface area (Å²) in [4.78, 5) is 47.7. The number of carbonyl (C=O) groups is 3. The Kier molecular flexibility index (Phi) is 5.52. The maximum atomic E-state index is 12.8. The summed E-state index contributed by atoms with van der Waals surface area (Å²) in [5.74, 6) is 0.298. The molecule has 1 aliphatic heterocycles. The Hall–Kier alpha value is -3.95. The van der Waals surface area contributed by atoms with Crippen molar-refractivity contribution in [3.8, 4) is 5.75 Å². The Labute approximate surface area is 183 Å². The minimum absolute atomic E-state index is 0.0182. The monoisotopic (exact) mass is 437 g/mol. The van der Waals surface area contributed by atoms with Crippen LogP contribution in [0.25, 0.3) is 11.0 Å². The Balaban J connectivity index is 1.47. The second-order valence-corrected chi connectivity index (χ2v) is 8.40. The zero-order valence-corrected chi connectivity index (χ0v) is 17.9. The number of H-pyrrole nitrogens is 1. The van der Waals surface area contributed by atoms with Gasteiger partial charge in [-0.15, -0.1) is 0 Å². The quantitative estimate of drug-likeness (QED) is 0.571. The molecule has 32 heavy (non-hydrogen) atoms. The van der Waals surface area contributed by atoms with Crippen molar-refractivity contribution < 1.29 is 23.9 Å². The van der Waals surface area contributed by atoms with Gasteiger partial charge in [0.25, 0.3) is 5.91 Å². The first kappa shape index (κ1) is 21.3. The molecule has 166 valence electrons. The van der Waals surface area contributed by atoms with E-state index in [4.69, 9.17) is 9.47 Å². The summed E-state index contributed by atoms with van der Waals surface area (Å²) in [7, 11) is 0. The third kappa shape index (κ3) is 4.69. The lowest BCUT2D eigenvalue weighted by Gasteiger charge is -2.19. The Morgan fingerprint density at radius 1 is 1.25 bits per heavy atom. The van der Waals surface area contributed by atoms with Crippen LogP contribution < -0.4 is 15.4 Å². The van der Waals surface area contributed by atoms with Gasteiger partial charge < -0.3 is 19.8 Å². The molecule has 2 amide bonds. The van der Waals surface area contributed by atoms with E-state index < -0.39 is 17.6 Å². The topological polar surface area (TPSA) is 135 Å². The van der Waals surface area contributed by atoms with Crippen molar-refractivity contribution in [3.05, 3.63) is 47.5 Å². The van der Waals surface area contributed by atoms with Crippen molar-refractivity contribution in [2.45, 2.75) is 39.3 Å². The van der Waals surface area contributed by atoms with E-state index in [1.54, 1.807) is 26.8 Å². The molecule has 0 saturated carbocycles. The number of nitrogens with one attached hydrogen (secondary N) is 3. The van der Waals surface area contributed by atoms with E-state index in [0.717, 1.165) is 11.1 Å². The number of Topliss-reactive ketones (excluding diaryl/α,β-unsaturated/α-hetero) is 1. The molecule has 0 radical (unpaired) electrons. The van der Waals surface area contributed by atoms with Gasteiger partial charge in [-0.05, 0) is 38.5 Å². The van der Waals surface area contributed by atoms with E-state index in [-0.39, 0.29) is 24.6 Å². The highest BCUT2D eigenvalue weighted by Gasteiger charge is 2.21. The summed E-state index contributed by atoms with van der Waals surface area (Å²) in [6, 6.07) is 5.48. The zero-order valence-electron chi connectivity index (χ0n) is 17.9. The van der Waals surface area contributed by atoms with Gasteiger partial charge in [0.2, 0.25) is 0 Å². The Bertz CT molecular complexity index is 1210. The van der Waals surface area contributed by atoms with Crippen LogP contribution in [0.5, 0.6) is 5.75 Å². The molecule has 0 unspecified atom stereocenters. The number of nitrogens with zero attached hydrogens (tertiary/aromatic N) is 2. The average Bonchev–Trinajstić information content (AvgIpc) is 3.13. The van der Waals surface area contributed by atoms with E-state index in [1.165, 1.54) is 12.5 Å². The van der Waals surface area contributed by atoms with Crippen LogP contribution in [-0.2, 0) is 22.5 Å². The number of fused-ring (bicyclic) bond motifs is 2. The van der Waals surface area contributed by atoms with Crippen molar-refractivity contribution in [1.29, 1.82) is 0 Å². The van der Waals surface area contributed by atoms with Crippen LogP contribution in [0.3, 0.4) is 0 Å². The van der Waals surface area contributed by atoms with Crippen molar-refractivity contribution in [2.75, 3.05) is 11.9 Å². The van der Waals surface area contributed by atoms with Gasteiger partial charge in [0, 0.05) is 24.7 Å². The molecule has 3 N–H and O–H groups in total. The number of anilines is 1. The fourth-order valence-corrected chi connectivity index (χ4v) is 3.33. The predicted molar refractivity (Wildman–Crippen MR) is 116 cm³/mol. The Morgan fingerprint density at radius 3 is 2.84 bits per heavy atom. The summed E-state index contributed by atoms with van der Waals surface area (Å²) < 4.78 is 10.6. The molecule has 0 bridgehead atoms. The van der Waals surface area contributed by atoms with Crippen molar-refractivity contribution in [2.24, 2.45) is 0 Å². The van der Waals surface area contributed by atoms with Gasteiger partial charge in [-0.1, -0.05) is 6.07 Å². The van der Waals surface area contributed by atoms with Gasteiger partial charge in [-0.25, -0.2) is 14.8 Å². The minimum atomic E-state index is -0.647. The maximum Gasteiger partial charge on any atom is 0.412 e. The van der Waals surface area contributed by atoms with Crippen LogP contribution in [0.15, 0.2) is 30.7 Å². The first-order chi connectivity index (χ1) is 15.2. The van der Waals surface area contributed by atoms with Crippen LogP contribution in [0.4, 0.5) is 10.5 Å². The standard InChI is InChI=1S/C22H23N5O5/c1-22(2,3)32-21(30)27-15-9-23-18-17(15)25-11-26-19(18)20(29)24-8-12-4-5-16-13(6-12)7-14(28)10-31-16/h4-6,9,11,23H,7-8,10H2,1-3H3,(H,24,29)(H,27,30). The van der Waals surface area contributed by atoms with Crippen LogP contribution >= 0.6 is 0 Å². The van der Waals surface area contributed by atoms with Gasteiger partial charge in [0.1, 0.15) is 29.8 Å². The molecule has 3 heterocycles. The third-order valence-electron chi connectivity index (χ3n) is 4.67. The molecule has 1 aliphatic rings. The second-order valence-electron chi connectivity index (χ2n) is 8.40. The van der Waals surface area contributed by atoms with E-state index in [1.807, 2.05) is 12.1 Å². The highest BCUT2D eigenvalue weighted by Crippen LogP contribution is 2.25. The third-order valence-corrected chi connectivity index (χ3v) is 4.67. The number of carbonyl (C=O) groups excluding carboxylic acids is 3. The van der Waals surface area contributed by atoms with Gasteiger partial charge in [0.05, 0.1) is 11.2 Å². The summed E-state index contributed by atoms with van der Waals surface area (Å²) in [6.45, 7) is 5.63. The lowest BCUT2D eigenvalue weighted by molar-refractivity contribution is -0.121. The first-order valence-corrected chi connectivity index (χ1v) is 10.1. The van der Waals surface area contributed by atoms with Gasteiger partial charge in [-0.3, -0.25) is 14.9 Å². The molecule has 0 aliphatic carbocycles. The smallest absolute Gasteiger partial charge is 0.412 e. The van der Waals surface area contributed by atoms with Crippen LogP contribution in [0.1, 0.15) is 42.4 Å². The number of ketones is 1. The molecule has 2 aromatic heterocycles. The summed E-state index contributed by atoms with van der Waals surface area (Å²) in [6.07, 6.45) is 2.48. The molecule has 3 aromatic rings. The average molecular weight is 437 g/mol. The maximum absolute atomic E-state index is 12.8. The molecule has 4 rings (SSSR count). The second kappa shape index (κ2) is 8.29. The lowest BCUT2D eigenvalue weighted by atomic mass is 10.0. The van der Waals surface area contributed by atoms with E-state index in [9.17, 15) is 14.4 Å². The first-order valence-electron chi connectivity index (χ1n) is 10.1. The SMILES string of the molecule is CC(C)(C)OC(=O)Nc1c[nH]c2c(C(=O)NCc3ccc4c(c3)CC(=O)CO4)ncnc12. The Morgan fingerprint density at radius 2 is 2.06 bits per heavy atom. The summed E-state index contributed by atoms with van der Waals surface area (Å²) in [5.41, 5.74) is 2.29. The fraction of sp³-hybridized carbons (Fsp3) is 0.318. The van der Waals surface area contributed by atoms with Gasteiger partial charge >= 0.3 is 6.09 Å². The van der Waals surface area contributed by atoms with Crippen LogP contribution in [-0.4, -0.2) is 44.9 Å². The van der Waals surface area contributed by atoms with Crippen molar-refractivity contribution in [1.82, 2.24) is 20.3 Å². The molecular weight excluding hydrogens is 414 g/mol. The highest BCUT2D eigenvalue weighted by molar-refractivity contribution is 6.07. The van der Waals surface area contributed by atoms with E-state index >= 15 is 0 Å². The van der Waals surface area contributed by atoms with Crippen LogP contribution in [0.2, 0.25) is 0 Å². The largest absolute Gasteiger partial charge is 0.486 e. The number of rotatable bonds is 4. The number of benzene rings is 1. The highest BCUT2D eigenvalue weighted by atomic mass is 16.6. The van der Waals surface area contributed by atoms with Crippen molar-refractivity contribution >= 4 is 34.5 Å². The lowest BCUT2D eigenvalue weighted by Crippen LogP contribution is -2.27. The van der Waals surface area contributed by atoms with Gasteiger partial charge in [0.15, 0.2) is 11.5 Å². The van der Waals surface area contributed by atoms with E-state index in [0.29, 0.717) is 28.9 Å². The fourth-order valence-electron chi connectivity index (χ4n) is 3.33. The molecule has 10 heteroatoms. The molecule has 0 spiro atoms. The zero-order chi connectivity index (χ0) is 22.9. The molecular formula is C22H23N5O5. The van der Waals surface area contributed by atoms with Crippen LogP contribution in [0, 0.1) is 0 Å². The number of amides is 2. The molecule has 0 saturated heterocycles. The predicted octanol–water partition coefficient (Wildman–Crippen LogP) is 2.74. The number of aromatic nitrogens is 3. The molecule has 0 atom stereocenters. The number of ether oxygens (including phenoxy) is 2.